The van der Waals surface area contributed by atoms with Gasteiger partial charge in [-0.25, -0.2) is 4.79 Å². The van der Waals surface area contributed by atoms with Gasteiger partial charge < -0.3 is 9.64 Å². The van der Waals surface area contributed by atoms with Crippen LogP contribution in [-0.4, -0.2) is 45.8 Å². The highest BCUT2D eigenvalue weighted by molar-refractivity contribution is 8.01. The molecule has 2 atom stereocenters. The monoisotopic (exact) mass is 347 g/mol. The molecule has 0 saturated carbocycles. The Hall–Kier alpha value is -1.82. The molecule has 2 heterocycles. The van der Waals surface area contributed by atoms with Crippen LogP contribution in [0.15, 0.2) is 18.2 Å². The fraction of sp³-hybridized carbons (Fsp3) is 0.500. The van der Waals surface area contributed by atoms with Crippen molar-refractivity contribution in [3.05, 3.63) is 34.9 Å². The number of carbonyl (C=O) groups excluding carboxylic acids is 3. The quantitative estimate of drug-likeness (QED) is 0.618. The summed E-state index contributed by atoms with van der Waals surface area (Å²) in [6.07, 6.45) is 1.22. The van der Waals surface area contributed by atoms with Crippen LogP contribution in [-0.2, 0) is 14.3 Å². The summed E-state index contributed by atoms with van der Waals surface area (Å²) in [5, 5.41) is 0. The number of carbonyl (C=O) groups is 3. The number of hydrogen-bond acceptors (Lipinski definition) is 5. The van der Waals surface area contributed by atoms with Crippen LogP contribution in [0.5, 0.6) is 0 Å². The Labute approximate surface area is 145 Å². The van der Waals surface area contributed by atoms with E-state index in [1.807, 2.05) is 32.9 Å². The molecule has 1 amide bonds. The highest BCUT2D eigenvalue weighted by Crippen LogP contribution is 2.47. The second-order valence-corrected chi connectivity index (χ2v) is 8.12. The Morgan fingerprint density at radius 3 is 2.88 bits per heavy atom. The van der Waals surface area contributed by atoms with E-state index in [1.165, 1.54) is 0 Å². The van der Waals surface area contributed by atoms with Crippen LogP contribution in [0, 0.1) is 13.8 Å². The maximum Gasteiger partial charge on any atom is 0.330 e. The van der Waals surface area contributed by atoms with E-state index in [2.05, 4.69) is 0 Å². The first kappa shape index (κ1) is 17.0. The molecule has 2 saturated heterocycles. The predicted octanol–water partition coefficient (Wildman–Crippen LogP) is 2.48. The number of thioether (sulfide) groups is 1. The van der Waals surface area contributed by atoms with Gasteiger partial charge in [0, 0.05) is 17.7 Å². The summed E-state index contributed by atoms with van der Waals surface area (Å²) in [4.78, 5) is 38.1. The lowest BCUT2D eigenvalue weighted by atomic mass is 10.0. The van der Waals surface area contributed by atoms with Gasteiger partial charge in [0.05, 0.1) is 4.87 Å². The van der Waals surface area contributed by atoms with Crippen molar-refractivity contribution in [1.82, 2.24) is 4.90 Å². The van der Waals surface area contributed by atoms with Crippen LogP contribution in [0.1, 0.15) is 41.3 Å². The van der Waals surface area contributed by atoms with Crippen LogP contribution in [0.4, 0.5) is 0 Å². The molecule has 0 bridgehead atoms. The summed E-state index contributed by atoms with van der Waals surface area (Å²) < 4.78 is 5.24. The molecular formula is C18H21NO4S. The second kappa shape index (κ2) is 6.24. The molecule has 128 valence electrons. The van der Waals surface area contributed by atoms with Crippen molar-refractivity contribution >= 4 is 29.4 Å². The summed E-state index contributed by atoms with van der Waals surface area (Å²) in [5.74, 6) is -0.185. The molecule has 24 heavy (non-hydrogen) atoms. The minimum atomic E-state index is -0.582. The molecule has 1 aromatic rings. The van der Waals surface area contributed by atoms with Crippen molar-refractivity contribution in [3.8, 4) is 0 Å². The lowest BCUT2D eigenvalue weighted by Gasteiger charge is -2.29. The number of amides is 1. The molecule has 0 unspecified atom stereocenters. The van der Waals surface area contributed by atoms with E-state index < -0.39 is 12.0 Å². The predicted molar refractivity (Wildman–Crippen MR) is 91.9 cm³/mol. The van der Waals surface area contributed by atoms with Gasteiger partial charge in [-0.05, 0) is 38.8 Å². The van der Waals surface area contributed by atoms with Crippen molar-refractivity contribution in [2.45, 2.75) is 44.5 Å². The van der Waals surface area contributed by atoms with E-state index >= 15 is 0 Å². The van der Waals surface area contributed by atoms with Crippen molar-refractivity contribution in [2.75, 3.05) is 12.4 Å². The van der Waals surface area contributed by atoms with Gasteiger partial charge in [0.15, 0.2) is 6.61 Å². The zero-order valence-electron chi connectivity index (χ0n) is 14.1. The molecule has 2 fully saturated rings. The topological polar surface area (TPSA) is 63.7 Å². The largest absolute Gasteiger partial charge is 0.456 e. The van der Waals surface area contributed by atoms with Gasteiger partial charge in [-0.3, -0.25) is 9.59 Å². The molecule has 2 aliphatic heterocycles. The van der Waals surface area contributed by atoms with Gasteiger partial charge in [0.25, 0.3) is 0 Å². The van der Waals surface area contributed by atoms with E-state index in [4.69, 9.17) is 4.74 Å². The lowest BCUT2D eigenvalue weighted by molar-refractivity contribution is -0.152. The van der Waals surface area contributed by atoms with Gasteiger partial charge in [0.2, 0.25) is 11.7 Å². The summed E-state index contributed by atoms with van der Waals surface area (Å²) in [6.45, 7) is 5.47. The van der Waals surface area contributed by atoms with Gasteiger partial charge in [0.1, 0.15) is 6.04 Å². The van der Waals surface area contributed by atoms with Crippen LogP contribution in [0.2, 0.25) is 0 Å². The second-order valence-electron chi connectivity index (χ2n) is 6.61. The van der Waals surface area contributed by atoms with Gasteiger partial charge in [-0.2, -0.15) is 0 Å². The summed E-state index contributed by atoms with van der Waals surface area (Å²) in [6, 6.07) is 5.04. The maximum absolute atomic E-state index is 12.4. The molecule has 5 nitrogen and oxygen atoms in total. The number of aryl methyl sites for hydroxylation is 2. The minimum Gasteiger partial charge on any atom is -0.456 e. The highest BCUT2D eigenvalue weighted by Gasteiger charge is 2.53. The van der Waals surface area contributed by atoms with Crippen molar-refractivity contribution in [3.63, 3.8) is 0 Å². The standard InChI is InChI=1S/C18H21NO4S/c1-11-4-5-12(2)13(8-11)15(20)9-23-17(22)14-10-24-18(3)7-6-16(21)19(14)18/h4-5,8,14H,6-7,9-10H2,1-3H3/t14-,18+/m1/s1. The molecule has 1 aromatic carbocycles. The Balaban J connectivity index is 1.65. The zero-order valence-corrected chi connectivity index (χ0v) is 14.9. The molecular weight excluding hydrogens is 326 g/mol. The number of ketones is 1. The molecule has 0 N–H and O–H groups in total. The third-order valence-electron chi connectivity index (χ3n) is 4.76. The average molecular weight is 347 g/mol. The molecule has 6 heteroatoms. The molecule has 0 aromatic heterocycles. The van der Waals surface area contributed by atoms with Crippen LogP contribution < -0.4 is 0 Å². The number of benzene rings is 1. The smallest absolute Gasteiger partial charge is 0.330 e. The van der Waals surface area contributed by atoms with Crippen LogP contribution in [0.3, 0.4) is 0 Å². The SMILES string of the molecule is Cc1ccc(C)c(C(=O)COC(=O)[C@H]2CS[C@@]3(C)CCC(=O)N23)c1. The summed E-state index contributed by atoms with van der Waals surface area (Å²) in [5.41, 5.74) is 2.42. The molecule has 3 rings (SSSR count). The Morgan fingerprint density at radius 2 is 2.12 bits per heavy atom. The first-order valence-corrected chi connectivity index (χ1v) is 9.03. The number of nitrogens with zero attached hydrogens (tertiary/aromatic N) is 1. The maximum atomic E-state index is 12.4. The zero-order chi connectivity index (χ0) is 17.5. The third-order valence-corrected chi connectivity index (χ3v) is 6.26. The number of rotatable bonds is 4. The number of hydrogen-bond donors (Lipinski definition) is 0. The fourth-order valence-electron chi connectivity index (χ4n) is 3.34. The minimum absolute atomic E-state index is 0.00898. The van der Waals surface area contributed by atoms with Crippen molar-refractivity contribution in [1.29, 1.82) is 0 Å². The van der Waals surface area contributed by atoms with E-state index in [1.54, 1.807) is 22.7 Å². The number of fused-ring (bicyclic) bond motifs is 1. The molecule has 0 spiro atoms. The van der Waals surface area contributed by atoms with Crippen molar-refractivity contribution in [2.24, 2.45) is 0 Å². The van der Waals surface area contributed by atoms with Crippen LogP contribution >= 0.6 is 11.8 Å². The number of esters is 1. The van der Waals surface area contributed by atoms with Gasteiger partial charge in [-0.1, -0.05) is 17.7 Å². The molecule has 0 aliphatic carbocycles. The third kappa shape index (κ3) is 2.95. The Morgan fingerprint density at radius 1 is 1.38 bits per heavy atom. The molecule has 2 aliphatic rings. The van der Waals surface area contributed by atoms with Gasteiger partial charge >= 0.3 is 5.97 Å². The average Bonchev–Trinajstić information content (AvgIpc) is 3.03. The number of ether oxygens (including phenoxy) is 1. The Kier molecular flexibility index (Phi) is 4.42. The first-order chi connectivity index (χ1) is 11.3. The lowest BCUT2D eigenvalue weighted by Crippen LogP contribution is -2.46. The summed E-state index contributed by atoms with van der Waals surface area (Å²) in [7, 11) is 0. The van der Waals surface area contributed by atoms with Crippen LogP contribution in [0.25, 0.3) is 0 Å². The van der Waals surface area contributed by atoms with Crippen molar-refractivity contribution < 1.29 is 19.1 Å². The van der Waals surface area contributed by atoms with E-state index in [-0.39, 0.29) is 23.2 Å². The van der Waals surface area contributed by atoms with E-state index in [0.717, 1.165) is 17.5 Å². The van der Waals surface area contributed by atoms with E-state index in [0.29, 0.717) is 17.7 Å². The molecule has 0 radical (unpaired) electrons. The highest BCUT2D eigenvalue weighted by atomic mass is 32.2. The van der Waals surface area contributed by atoms with Gasteiger partial charge in [-0.15, -0.1) is 11.8 Å². The Bertz CT molecular complexity index is 717. The normalized spacial score (nSPS) is 25.7. The fourth-order valence-corrected chi connectivity index (χ4v) is 4.76. The first-order valence-electron chi connectivity index (χ1n) is 8.05. The number of Topliss-reactive ketones (excluding diaryl/α,β-unsaturated/α-hetero) is 1. The summed E-state index contributed by atoms with van der Waals surface area (Å²) >= 11 is 1.61. The van der Waals surface area contributed by atoms with E-state index in [9.17, 15) is 14.4 Å².